The average Bonchev–Trinajstić information content (AvgIpc) is 3.02. The monoisotopic (exact) mass is 329 g/mol. The van der Waals surface area contributed by atoms with E-state index >= 15 is 0 Å². The number of nitrogens with two attached hydrogens (primary N) is 1. The number of anilines is 1. The van der Waals surface area contributed by atoms with Crippen LogP contribution in [0.25, 0.3) is 0 Å². The molecule has 2 N–H and O–H groups in total. The molecule has 2 aromatic rings. The van der Waals surface area contributed by atoms with Crippen LogP contribution in [-0.2, 0) is 6.42 Å². The fourth-order valence-electron chi connectivity index (χ4n) is 3.11. The third-order valence-electron chi connectivity index (χ3n) is 4.73. The first-order valence-electron chi connectivity index (χ1n) is 8.09. The van der Waals surface area contributed by atoms with Gasteiger partial charge in [0.05, 0.1) is 0 Å². The summed E-state index contributed by atoms with van der Waals surface area (Å²) >= 11 is 1.51. The second-order valence-corrected chi connectivity index (χ2v) is 7.27. The number of hydrogen-bond donors (Lipinski definition) is 1. The van der Waals surface area contributed by atoms with Gasteiger partial charge in [-0.3, -0.25) is 4.79 Å². The second kappa shape index (κ2) is 6.71. The van der Waals surface area contributed by atoms with Gasteiger partial charge in [-0.1, -0.05) is 18.2 Å². The minimum Gasteiger partial charge on any atom is -0.364 e. The lowest BCUT2D eigenvalue weighted by molar-refractivity contribution is 0.0996. The quantitative estimate of drug-likeness (QED) is 0.936. The molecule has 1 amide bonds. The van der Waals surface area contributed by atoms with E-state index in [2.05, 4.69) is 41.9 Å². The predicted octanol–water partition coefficient (Wildman–Crippen LogP) is 3.32. The van der Waals surface area contributed by atoms with Gasteiger partial charge in [-0.05, 0) is 55.7 Å². The number of rotatable bonds is 4. The number of piperidine rings is 1. The van der Waals surface area contributed by atoms with Crippen LogP contribution in [0.5, 0.6) is 0 Å². The Morgan fingerprint density at radius 3 is 2.65 bits per heavy atom. The molecule has 0 bridgehead atoms. The Morgan fingerprint density at radius 2 is 2.04 bits per heavy atom. The molecule has 0 aliphatic carbocycles. The van der Waals surface area contributed by atoms with Gasteiger partial charge in [0.15, 0.2) is 5.13 Å². The van der Waals surface area contributed by atoms with E-state index in [-0.39, 0.29) is 0 Å². The summed E-state index contributed by atoms with van der Waals surface area (Å²) in [5.74, 6) is 0.279. The Morgan fingerprint density at radius 1 is 1.30 bits per heavy atom. The Kier molecular flexibility index (Phi) is 4.66. The maximum absolute atomic E-state index is 11.2. The van der Waals surface area contributed by atoms with Crippen LogP contribution < -0.4 is 10.6 Å². The van der Waals surface area contributed by atoms with E-state index in [0.717, 1.165) is 30.6 Å². The number of aryl methyl sites for hydroxylation is 2. The van der Waals surface area contributed by atoms with Gasteiger partial charge in [-0.25, -0.2) is 4.98 Å². The van der Waals surface area contributed by atoms with Crippen LogP contribution in [0.1, 0.15) is 40.0 Å². The van der Waals surface area contributed by atoms with Crippen LogP contribution in [0.4, 0.5) is 5.13 Å². The second-order valence-electron chi connectivity index (χ2n) is 6.43. The van der Waals surface area contributed by atoms with Crippen molar-refractivity contribution >= 4 is 22.4 Å². The molecule has 1 fully saturated rings. The first-order valence-corrected chi connectivity index (χ1v) is 8.97. The van der Waals surface area contributed by atoms with E-state index < -0.39 is 5.91 Å². The number of amides is 1. The van der Waals surface area contributed by atoms with Gasteiger partial charge < -0.3 is 10.6 Å². The van der Waals surface area contributed by atoms with Crippen molar-refractivity contribution < 1.29 is 4.79 Å². The number of carbonyl (C=O) groups excluding carboxylic acids is 1. The Hall–Kier alpha value is -1.88. The molecule has 5 heteroatoms. The molecule has 0 radical (unpaired) electrons. The van der Waals surface area contributed by atoms with E-state index in [4.69, 9.17) is 5.73 Å². The molecule has 1 saturated heterocycles. The summed E-state index contributed by atoms with van der Waals surface area (Å²) in [6.07, 6.45) is 3.48. The molecular weight excluding hydrogens is 306 g/mol. The molecule has 1 aromatic carbocycles. The van der Waals surface area contributed by atoms with Crippen LogP contribution >= 0.6 is 11.3 Å². The number of nitrogens with zero attached hydrogens (tertiary/aromatic N) is 2. The van der Waals surface area contributed by atoms with E-state index in [1.807, 2.05) is 0 Å². The highest BCUT2D eigenvalue weighted by molar-refractivity contribution is 7.13. The summed E-state index contributed by atoms with van der Waals surface area (Å²) in [4.78, 5) is 17.8. The van der Waals surface area contributed by atoms with Crippen LogP contribution in [0.2, 0.25) is 0 Å². The summed E-state index contributed by atoms with van der Waals surface area (Å²) in [6.45, 7) is 6.34. The highest BCUT2D eigenvalue weighted by Gasteiger charge is 2.22. The third-order valence-corrected chi connectivity index (χ3v) is 5.63. The van der Waals surface area contributed by atoms with Gasteiger partial charge in [0.25, 0.3) is 5.91 Å². The number of primary amides is 1. The molecule has 23 heavy (non-hydrogen) atoms. The summed E-state index contributed by atoms with van der Waals surface area (Å²) in [5, 5.41) is 2.67. The first-order chi connectivity index (χ1) is 11.0. The smallest absolute Gasteiger partial charge is 0.268 e. The van der Waals surface area contributed by atoms with Crippen molar-refractivity contribution in [2.75, 3.05) is 18.0 Å². The number of hydrogen-bond acceptors (Lipinski definition) is 4. The van der Waals surface area contributed by atoms with Crippen molar-refractivity contribution in [3.63, 3.8) is 0 Å². The van der Waals surface area contributed by atoms with E-state index in [1.54, 1.807) is 5.38 Å². The molecule has 0 saturated carbocycles. The van der Waals surface area contributed by atoms with E-state index in [0.29, 0.717) is 5.69 Å². The lowest BCUT2D eigenvalue weighted by atomic mass is 9.89. The molecule has 4 nitrogen and oxygen atoms in total. The van der Waals surface area contributed by atoms with Crippen LogP contribution in [0.15, 0.2) is 23.6 Å². The Balaban J connectivity index is 1.57. The minimum atomic E-state index is -0.447. The molecule has 1 aromatic heterocycles. The molecule has 122 valence electrons. The van der Waals surface area contributed by atoms with E-state index in [1.165, 1.54) is 40.9 Å². The van der Waals surface area contributed by atoms with Gasteiger partial charge in [-0.15, -0.1) is 11.3 Å². The first kappa shape index (κ1) is 16.0. The van der Waals surface area contributed by atoms with Crippen molar-refractivity contribution in [1.82, 2.24) is 4.98 Å². The summed E-state index contributed by atoms with van der Waals surface area (Å²) in [7, 11) is 0. The zero-order valence-electron chi connectivity index (χ0n) is 13.7. The summed E-state index contributed by atoms with van der Waals surface area (Å²) in [5.41, 5.74) is 9.83. The van der Waals surface area contributed by atoms with Crippen LogP contribution in [0, 0.1) is 19.8 Å². The lowest BCUT2D eigenvalue weighted by Gasteiger charge is -2.31. The fourth-order valence-corrected chi connectivity index (χ4v) is 3.98. The van der Waals surface area contributed by atoms with Gasteiger partial charge >= 0.3 is 0 Å². The predicted molar refractivity (Wildman–Crippen MR) is 95.2 cm³/mol. The van der Waals surface area contributed by atoms with Crippen molar-refractivity contribution in [3.8, 4) is 0 Å². The molecule has 0 spiro atoms. The van der Waals surface area contributed by atoms with Gasteiger partial charge in [-0.2, -0.15) is 0 Å². The minimum absolute atomic E-state index is 0.377. The van der Waals surface area contributed by atoms with Crippen molar-refractivity contribution in [1.29, 1.82) is 0 Å². The highest BCUT2D eigenvalue weighted by Crippen LogP contribution is 2.28. The molecule has 2 heterocycles. The molecule has 3 rings (SSSR count). The van der Waals surface area contributed by atoms with Crippen LogP contribution in [0.3, 0.4) is 0 Å². The molecule has 1 aliphatic rings. The van der Waals surface area contributed by atoms with Crippen molar-refractivity contribution in [3.05, 3.63) is 46.0 Å². The number of carbonyl (C=O) groups is 1. The maximum atomic E-state index is 11.2. The Bertz CT molecular complexity index is 702. The standard InChI is InChI=1S/C18H23N3OS/c1-12-3-4-15(9-13(12)2)10-14-5-7-21(8-6-14)18-20-16(11-23-18)17(19)22/h3-4,9,11,14H,5-8,10H2,1-2H3,(H2,19,22). The average molecular weight is 329 g/mol. The largest absolute Gasteiger partial charge is 0.364 e. The topological polar surface area (TPSA) is 59.2 Å². The van der Waals surface area contributed by atoms with Gasteiger partial charge in [0.2, 0.25) is 0 Å². The van der Waals surface area contributed by atoms with Gasteiger partial charge in [0.1, 0.15) is 5.69 Å². The molecule has 1 aliphatic heterocycles. The van der Waals surface area contributed by atoms with E-state index in [9.17, 15) is 4.79 Å². The normalized spacial score (nSPS) is 15.8. The zero-order chi connectivity index (χ0) is 16.4. The maximum Gasteiger partial charge on any atom is 0.268 e. The molecular formula is C18H23N3OS. The van der Waals surface area contributed by atoms with Crippen molar-refractivity contribution in [2.24, 2.45) is 11.7 Å². The molecule has 0 atom stereocenters. The summed E-state index contributed by atoms with van der Waals surface area (Å²) < 4.78 is 0. The van der Waals surface area contributed by atoms with Crippen LogP contribution in [-0.4, -0.2) is 24.0 Å². The lowest BCUT2D eigenvalue weighted by Crippen LogP contribution is -2.34. The SMILES string of the molecule is Cc1ccc(CC2CCN(c3nc(C(N)=O)cs3)CC2)cc1C. The van der Waals surface area contributed by atoms with Gasteiger partial charge in [0, 0.05) is 18.5 Å². The fraction of sp³-hybridized carbons (Fsp3) is 0.444. The Labute approximate surface area is 141 Å². The number of aromatic nitrogens is 1. The van der Waals surface area contributed by atoms with Crippen molar-refractivity contribution in [2.45, 2.75) is 33.1 Å². The zero-order valence-corrected chi connectivity index (χ0v) is 14.5. The number of thiazole rings is 1. The third kappa shape index (κ3) is 3.72. The molecule has 0 unspecified atom stereocenters. The summed E-state index contributed by atoms with van der Waals surface area (Å²) in [6, 6.07) is 6.80. The number of benzene rings is 1. The highest BCUT2D eigenvalue weighted by atomic mass is 32.1.